The summed E-state index contributed by atoms with van der Waals surface area (Å²) in [7, 11) is 1.66. The van der Waals surface area contributed by atoms with Crippen LogP contribution in [0.1, 0.15) is 26.3 Å². The second-order valence-corrected chi connectivity index (χ2v) is 6.76. The van der Waals surface area contributed by atoms with E-state index < -0.39 is 0 Å². The van der Waals surface area contributed by atoms with Crippen LogP contribution in [0.4, 0.5) is 0 Å². The van der Waals surface area contributed by atoms with Crippen LogP contribution in [0, 0.1) is 0 Å². The summed E-state index contributed by atoms with van der Waals surface area (Å²) in [6.07, 6.45) is 0. The van der Waals surface area contributed by atoms with E-state index in [1.807, 2.05) is 36.4 Å². The molecule has 0 aliphatic rings. The Hall–Kier alpha value is -2.55. The molecule has 2 aromatic carbocycles. The largest absolute Gasteiger partial charge is 0.496 e. The lowest BCUT2D eigenvalue weighted by atomic mass is 9.86. The smallest absolute Gasteiger partial charge is 0.190 e. The molecule has 0 fully saturated rings. The second-order valence-electron chi connectivity index (χ2n) is 6.76. The van der Waals surface area contributed by atoms with Crippen LogP contribution in [0.5, 0.6) is 5.75 Å². The minimum Gasteiger partial charge on any atom is -0.496 e. The first-order chi connectivity index (χ1) is 10.9. The van der Waals surface area contributed by atoms with E-state index >= 15 is 0 Å². The number of fused-ring (bicyclic) bond motifs is 1. The van der Waals surface area contributed by atoms with Gasteiger partial charge in [0.25, 0.3) is 0 Å². The van der Waals surface area contributed by atoms with Gasteiger partial charge in [0.1, 0.15) is 5.75 Å². The molecule has 0 saturated carbocycles. The molecule has 0 bridgehead atoms. The van der Waals surface area contributed by atoms with Gasteiger partial charge in [0.15, 0.2) is 5.43 Å². The minimum absolute atomic E-state index is 0.0105. The average Bonchev–Trinajstić information content (AvgIpc) is 2.53. The van der Waals surface area contributed by atoms with Gasteiger partial charge in [-0.2, -0.15) is 0 Å². The maximum atomic E-state index is 12.3. The van der Waals surface area contributed by atoms with E-state index in [4.69, 9.17) is 4.74 Å². The Morgan fingerprint density at radius 2 is 1.74 bits per heavy atom. The van der Waals surface area contributed by atoms with Crippen LogP contribution < -0.4 is 10.2 Å². The number of hydrogen-bond donors (Lipinski definition) is 1. The molecule has 1 N–H and O–H groups in total. The van der Waals surface area contributed by atoms with Crippen molar-refractivity contribution in [1.29, 1.82) is 0 Å². The summed E-state index contributed by atoms with van der Waals surface area (Å²) in [5.41, 5.74) is 3.74. The highest BCUT2D eigenvalue weighted by Crippen LogP contribution is 2.33. The number of H-pyrrole nitrogens is 1. The standard InChI is InChI=1S/C20H21NO2/c1-20(2,3)13-9-10-15(19(11-13)23-4)17-12-18(22)14-7-5-6-8-16(14)21-17/h5-12H,1-4H3,(H,21,22). The van der Waals surface area contributed by atoms with Crippen LogP contribution in [0.25, 0.3) is 22.2 Å². The molecule has 0 spiro atoms. The van der Waals surface area contributed by atoms with Crippen molar-refractivity contribution < 1.29 is 4.74 Å². The number of hydrogen-bond acceptors (Lipinski definition) is 2. The van der Waals surface area contributed by atoms with Gasteiger partial charge in [0.2, 0.25) is 0 Å². The molecule has 0 radical (unpaired) electrons. The number of benzene rings is 2. The molecule has 1 heterocycles. The SMILES string of the molecule is COc1cc(C(C)(C)C)ccc1-c1cc(=O)c2ccccc2[nH]1. The monoisotopic (exact) mass is 307 g/mol. The third-order valence-corrected chi connectivity index (χ3v) is 4.10. The van der Waals surface area contributed by atoms with E-state index in [-0.39, 0.29) is 10.8 Å². The van der Waals surface area contributed by atoms with Gasteiger partial charge in [0, 0.05) is 22.5 Å². The summed E-state index contributed by atoms with van der Waals surface area (Å²) in [6.45, 7) is 6.50. The van der Waals surface area contributed by atoms with Gasteiger partial charge in [-0.3, -0.25) is 4.79 Å². The normalized spacial score (nSPS) is 11.7. The first kappa shape index (κ1) is 15.3. The number of ether oxygens (including phenoxy) is 1. The summed E-state index contributed by atoms with van der Waals surface area (Å²) in [5, 5.41) is 0.696. The number of rotatable bonds is 2. The van der Waals surface area contributed by atoms with E-state index in [1.54, 1.807) is 13.2 Å². The van der Waals surface area contributed by atoms with Crippen LogP contribution in [-0.4, -0.2) is 12.1 Å². The summed E-state index contributed by atoms with van der Waals surface area (Å²) < 4.78 is 5.57. The van der Waals surface area contributed by atoms with Gasteiger partial charge in [-0.1, -0.05) is 39.0 Å². The molecule has 23 heavy (non-hydrogen) atoms. The van der Waals surface area contributed by atoms with E-state index in [1.165, 1.54) is 5.56 Å². The van der Waals surface area contributed by atoms with Crippen LogP contribution in [0.3, 0.4) is 0 Å². The highest BCUT2D eigenvalue weighted by atomic mass is 16.5. The lowest BCUT2D eigenvalue weighted by Gasteiger charge is -2.21. The lowest BCUT2D eigenvalue weighted by Crippen LogP contribution is -2.11. The van der Waals surface area contributed by atoms with Gasteiger partial charge in [0.05, 0.1) is 12.8 Å². The molecule has 3 heteroatoms. The van der Waals surface area contributed by atoms with Crippen LogP contribution in [-0.2, 0) is 5.41 Å². The Morgan fingerprint density at radius 1 is 1.00 bits per heavy atom. The maximum Gasteiger partial charge on any atom is 0.190 e. The van der Waals surface area contributed by atoms with Crippen molar-refractivity contribution in [2.75, 3.05) is 7.11 Å². The predicted molar refractivity (Wildman–Crippen MR) is 95.3 cm³/mol. The molecule has 0 saturated heterocycles. The molecule has 0 unspecified atom stereocenters. The van der Waals surface area contributed by atoms with Gasteiger partial charge in [-0.15, -0.1) is 0 Å². The van der Waals surface area contributed by atoms with E-state index in [0.717, 1.165) is 22.5 Å². The van der Waals surface area contributed by atoms with Crippen molar-refractivity contribution >= 4 is 10.9 Å². The Kier molecular flexibility index (Phi) is 3.72. The molecule has 1 aromatic heterocycles. The predicted octanol–water partition coefficient (Wildman–Crippen LogP) is 4.50. The molecule has 0 amide bonds. The average molecular weight is 307 g/mol. The van der Waals surface area contributed by atoms with E-state index in [0.29, 0.717) is 5.39 Å². The zero-order chi connectivity index (χ0) is 16.6. The quantitative estimate of drug-likeness (QED) is 0.757. The molecule has 0 aliphatic heterocycles. The van der Waals surface area contributed by atoms with Crippen molar-refractivity contribution in [2.45, 2.75) is 26.2 Å². The molecule has 3 nitrogen and oxygen atoms in total. The zero-order valence-electron chi connectivity index (χ0n) is 13.9. The fourth-order valence-corrected chi connectivity index (χ4v) is 2.72. The molecule has 118 valence electrons. The fourth-order valence-electron chi connectivity index (χ4n) is 2.72. The van der Waals surface area contributed by atoms with Crippen LogP contribution in [0.15, 0.2) is 53.3 Å². The molecular formula is C20H21NO2. The summed E-state index contributed by atoms with van der Waals surface area (Å²) >= 11 is 0. The molecule has 3 rings (SSSR count). The molecule has 3 aromatic rings. The highest BCUT2D eigenvalue weighted by molar-refractivity contribution is 5.82. The van der Waals surface area contributed by atoms with E-state index in [9.17, 15) is 4.79 Å². The zero-order valence-corrected chi connectivity index (χ0v) is 13.9. The van der Waals surface area contributed by atoms with Crippen LogP contribution >= 0.6 is 0 Å². The maximum absolute atomic E-state index is 12.3. The summed E-state index contributed by atoms with van der Waals surface area (Å²) in [6, 6.07) is 15.3. The van der Waals surface area contributed by atoms with Gasteiger partial charge >= 0.3 is 0 Å². The molecule has 0 atom stereocenters. The number of aromatic nitrogens is 1. The topological polar surface area (TPSA) is 42.1 Å². The number of aromatic amines is 1. The number of nitrogens with one attached hydrogen (secondary N) is 1. The Labute approximate surface area is 135 Å². The minimum atomic E-state index is 0.0105. The number of para-hydroxylation sites is 1. The Bertz CT molecular complexity index is 917. The van der Waals surface area contributed by atoms with Gasteiger partial charge < -0.3 is 9.72 Å². The first-order valence-corrected chi connectivity index (χ1v) is 7.71. The summed E-state index contributed by atoms with van der Waals surface area (Å²) in [4.78, 5) is 15.7. The second kappa shape index (κ2) is 5.58. The first-order valence-electron chi connectivity index (χ1n) is 7.71. The lowest BCUT2D eigenvalue weighted by molar-refractivity contribution is 0.414. The molecular weight excluding hydrogens is 286 g/mol. The van der Waals surface area contributed by atoms with Crippen molar-refractivity contribution in [3.8, 4) is 17.0 Å². The van der Waals surface area contributed by atoms with Crippen molar-refractivity contribution in [1.82, 2.24) is 4.98 Å². The van der Waals surface area contributed by atoms with Crippen molar-refractivity contribution in [3.05, 3.63) is 64.3 Å². The number of methoxy groups -OCH3 is 1. The highest BCUT2D eigenvalue weighted by Gasteiger charge is 2.17. The van der Waals surface area contributed by atoms with E-state index in [2.05, 4.69) is 31.8 Å². The Morgan fingerprint density at radius 3 is 2.43 bits per heavy atom. The van der Waals surface area contributed by atoms with Gasteiger partial charge in [-0.25, -0.2) is 0 Å². The van der Waals surface area contributed by atoms with Gasteiger partial charge in [-0.05, 0) is 35.2 Å². The van der Waals surface area contributed by atoms with Crippen molar-refractivity contribution in [3.63, 3.8) is 0 Å². The van der Waals surface area contributed by atoms with Crippen molar-refractivity contribution in [2.24, 2.45) is 0 Å². The Balaban J connectivity index is 2.20. The summed E-state index contributed by atoms with van der Waals surface area (Å²) in [5.74, 6) is 0.767. The number of pyridine rings is 1. The van der Waals surface area contributed by atoms with Crippen LogP contribution in [0.2, 0.25) is 0 Å². The fraction of sp³-hybridized carbons (Fsp3) is 0.250. The molecule has 0 aliphatic carbocycles. The third kappa shape index (κ3) is 2.87. The third-order valence-electron chi connectivity index (χ3n) is 4.10.